The summed E-state index contributed by atoms with van der Waals surface area (Å²) in [7, 11) is 0. The molecular weight excluding hydrogens is 239 g/mol. The first-order valence-electron chi connectivity index (χ1n) is 7.45. The predicted octanol–water partition coefficient (Wildman–Crippen LogP) is 3.04. The average Bonchev–Trinajstić information content (AvgIpc) is 2.43. The van der Waals surface area contributed by atoms with Crippen molar-refractivity contribution in [3.05, 3.63) is 35.6 Å². The molecule has 0 aliphatic carbocycles. The van der Waals surface area contributed by atoms with Crippen molar-refractivity contribution in [1.29, 1.82) is 0 Å². The van der Waals surface area contributed by atoms with Gasteiger partial charge in [0.1, 0.15) is 5.82 Å². The Bertz CT molecular complexity index is 358. The fourth-order valence-corrected chi connectivity index (χ4v) is 2.83. The maximum absolute atomic E-state index is 12.9. The van der Waals surface area contributed by atoms with Gasteiger partial charge in [0.05, 0.1) is 0 Å². The van der Waals surface area contributed by atoms with Crippen molar-refractivity contribution in [3.63, 3.8) is 0 Å². The Morgan fingerprint density at radius 2 is 1.89 bits per heavy atom. The molecule has 2 rings (SSSR count). The summed E-state index contributed by atoms with van der Waals surface area (Å²) in [4.78, 5) is 2.52. The van der Waals surface area contributed by atoms with Crippen molar-refractivity contribution in [2.24, 2.45) is 5.92 Å². The standard InChI is InChI=1S/C16H25FN2/c1-2-11-19(13-15-7-9-18-10-8-15)12-14-3-5-16(17)6-4-14/h3-6,15,18H,2,7-13H2,1H3. The normalized spacial score (nSPS) is 17.0. The number of nitrogens with one attached hydrogen (secondary N) is 1. The zero-order valence-electron chi connectivity index (χ0n) is 11.9. The lowest BCUT2D eigenvalue weighted by atomic mass is 9.97. The summed E-state index contributed by atoms with van der Waals surface area (Å²) < 4.78 is 12.9. The first-order valence-corrected chi connectivity index (χ1v) is 7.45. The number of piperidine rings is 1. The van der Waals surface area contributed by atoms with Crippen LogP contribution >= 0.6 is 0 Å². The van der Waals surface area contributed by atoms with Gasteiger partial charge < -0.3 is 5.32 Å². The Kier molecular flexibility index (Phi) is 5.80. The van der Waals surface area contributed by atoms with E-state index in [9.17, 15) is 4.39 Å². The molecule has 106 valence electrons. The molecule has 1 aliphatic rings. The molecule has 1 saturated heterocycles. The molecule has 1 aromatic rings. The van der Waals surface area contributed by atoms with Crippen LogP contribution in [-0.2, 0) is 6.54 Å². The van der Waals surface area contributed by atoms with Gasteiger partial charge in [-0.05, 0) is 62.5 Å². The van der Waals surface area contributed by atoms with E-state index in [-0.39, 0.29) is 5.82 Å². The molecule has 2 nitrogen and oxygen atoms in total. The molecule has 0 bridgehead atoms. The van der Waals surface area contributed by atoms with Crippen LogP contribution in [0.1, 0.15) is 31.7 Å². The largest absolute Gasteiger partial charge is 0.317 e. The molecule has 0 saturated carbocycles. The summed E-state index contributed by atoms with van der Waals surface area (Å²) in [6, 6.07) is 6.93. The third kappa shape index (κ3) is 4.92. The molecular formula is C16H25FN2. The van der Waals surface area contributed by atoms with Crippen molar-refractivity contribution in [3.8, 4) is 0 Å². The van der Waals surface area contributed by atoms with E-state index < -0.39 is 0 Å². The van der Waals surface area contributed by atoms with E-state index in [1.807, 2.05) is 12.1 Å². The monoisotopic (exact) mass is 264 g/mol. The van der Waals surface area contributed by atoms with Gasteiger partial charge in [-0.15, -0.1) is 0 Å². The van der Waals surface area contributed by atoms with E-state index in [2.05, 4.69) is 17.1 Å². The fourth-order valence-electron chi connectivity index (χ4n) is 2.83. The maximum Gasteiger partial charge on any atom is 0.123 e. The number of nitrogens with zero attached hydrogens (tertiary/aromatic N) is 1. The first-order chi connectivity index (χ1) is 9.28. The third-order valence-corrected chi connectivity index (χ3v) is 3.83. The summed E-state index contributed by atoms with van der Waals surface area (Å²) in [6.07, 6.45) is 3.74. The number of hydrogen-bond donors (Lipinski definition) is 1. The Labute approximate surface area is 116 Å². The predicted molar refractivity (Wildman–Crippen MR) is 77.6 cm³/mol. The van der Waals surface area contributed by atoms with Gasteiger partial charge in [-0.1, -0.05) is 19.1 Å². The number of hydrogen-bond acceptors (Lipinski definition) is 2. The van der Waals surface area contributed by atoms with Gasteiger partial charge in [0, 0.05) is 13.1 Å². The van der Waals surface area contributed by atoms with Crippen LogP contribution in [-0.4, -0.2) is 31.1 Å². The Balaban J connectivity index is 1.89. The molecule has 0 atom stereocenters. The fraction of sp³-hybridized carbons (Fsp3) is 0.625. The molecule has 0 unspecified atom stereocenters. The van der Waals surface area contributed by atoms with Crippen LogP contribution in [0.3, 0.4) is 0 Å². The summed E-state index contributed by atoms with van der Waals surface area (Å²) in [5.74, 6) is 0.664. The molecule has 3 heteroatoms. The molecule has 0 radical (unpaired) electrons. The van der Waals surface area contributed by atoms with E-state index >= 15 is 0 Å². The second kappa shape index (κ2) is 7.61. The molecule has 1 N–H and O–H groups in total. The molecule has 0 spiro atoms. The minimum Gasteiger partial charge on any atom is -0.317 e. The highest BCUT2D eigenvalue weighted by molar-refractivity contribution is 5.15. The Hall–Kier alpha value is -0.930. The lowest BCUT2D eigenvalue weighted by Crippen LogP contribution is -2.36. The molecule has 0 aromatic heterocycles. The van der Waals surface area contributed by atoms with Crippen molar-refractivity contribution in [1.82, 2.24) is 10.2 Å². The van der Waals surface area contributed by atoms with E-state index in [1.54, 1.807) is 12.1 Å². The van der Waals surface area contributed by atoms with E-state index in [4.69, 9.17) is 0 Å². The molecule has 1 heterocycles. The second-order valence-electron chi connectivity index (χ2n) is 5.55. The summed E-state index contributed by atoms with van der Waals surface area (Å²) in [5.41, 5.74) is 1.21. The smallest absolute Gasteiger partial charge is 0.123 e. The Morgan fingerprint density at radius 3 is 2.53 bits per heavy atom. The summed E-state index contributed by atoms with van der Waals surface area (Å²) >= 11 is 0. The van der Waals surface area contributed by atoms with Crippen LogP contribution in [0.5, 0.6) is 0 Å². The van der Waals surface area contributed by atoms with Gasteiger partial charge in [0.25, 0.3) is 0 Å². The minimum atomic E-state index is -0.149. The van der Waals surface area contributed by atoms with Gasteiger partial charge in [-0.3, -0.25) is 4.90 Å². The molecule has 1 aliphatic heterocycles. The van der Waals surface area contributed by atoms with Crippen molar-refractivity contribution in [2.45, 2.75) is 32.7 Å². The van der Waals surface area contributed by atoms with E-state index in [1.165, 1.54) is 31.4 Å². The highest BCUT2D eigenvalue weighted by atomic mass is 19.1. The van der Waals surface area contributed by atoms with Crippen LogP contribution in [0.25, 0.3) is 0 Å². The van der Waals surface area contributed by atoms with Crippen molar-refractivity contribution in [2.75, 3.05) is 26.2 Å². The Morgan fingerprint density at radius 1 is 1.21 bits per heavy atom. The quantitative estimate of drug-likeness (QED) is 0.849. The lowest BCUT2D eigenvalue weighted by Gasteiger charge is -2.30. The molecule has 0 amide bonds. The highest BCUT2D eigenvalue weighted by Crippen LogP contribution is 2.16. The number of rotatable bonds is 6. The van der Waals surface area contributed by atoms with Crippen LogP contribution < -0.4 is 5.32 Å². The van der Waals surface area contributed by atoms with Gasteiger partial charge in [-0.2, -0.15) is 0 Å². The van der Waals surface area contributed by atoms with Crippen LogP contribution in [0.4, 0.5) is 4.39 Å². The average molecular weight is 264 g/mol. The number of halogens is 1. The van der Waals surface area contributed by atoms with Crippen LogP contribution in [0.2, 0.25) is 0 Å². The topological polar surface area (TPSA) is 15.3 Å². The van der Waals surface area contributed by atoms with Crippen molar-refractivity contribution < 1.29 is 4.39 Å². The van der Waals surface area contributed by atoms with Gasteiger partial charge in [0.15, 0.2) is 0 Å². The van der Waals surface area contributed by atoms with Crippen LogP contribution in [0.15, 0.2) is 24.3 Å². The first kappa shape index (κ1) is 14.5. The maximum atomic E-state index is 12.9. The van der Waals surface area contributed by atoms with E-state index in [0.29, 0.717) is 0 Å². The third-order valence-electron chi connectivity index (χ3n) is 3.83. The summed E-state index contributed by atoms with van der Waals surface area (Å²) in [5, 5.41) is 3.42. The van der Waals surface area contributed by atoms with Gasteiger partial charge >= 0.3 is 0 Å². The zero-order chi connectivity index (χ0) is 13.5. The SMILES string of the molecule is CCCN(Cc1ccc(F)cc1)CC1CCNCC1. The van der Waals surface area contributed by atoms with Gasteiger partial charge in [-0.25, -0.2) is 4.39 Å². The second-order valence-corrected chi connectivity index (χ2v) is 5.55. The van der Waals surface area contributed by atoms with E-state index in [0.717, 1.165) is 32.1 Å². The molecule has 1 fully saturated rings. The zero-order valence-corrected chi connectivity index (χ0v) is 11.9. The van der Waals surface area contributed by atoms with Crippen LogP contribution in [0, 0.1) is 11.7 Å². The molecule has 19 heavy (non-hydrogen) atoms. The molecule has 1 aromatic carbocycles. The van der Waals surface area contributed by atoms with Gasteiger partial charge in [0.2, 0.25) is 0 Å². The number of benzene rings is 1. The minimum absolute atomic E-state index is 0.149. The highest BCUT2D eigenvalue weighted by Gasteiger charge is 2.16. The summed E-state index contributed by atoms with van der Waals surface area (Å²) in [6.45, 7) is 7.77. The van der Waals surface area contributed by atoms with Crippen molar-refractivity contribution >= 4 is 0 Å². The lowest BCUT2D eigenvalue weighted by molar-refractivity contribution is 0.199.